The number of furan rings is 1. The monoisotopic (exact) mass is 452 g/mol. The van der Waals surface area contributed by atoms with E-state index in [9.17, 15) is 4.79 Å². The van der Waals surface area contributed by atoms with Crippen molar-refractivity contribution in [2.45, 2.75) is 13.0 Å². The van der Waals surface area contributed by atoms with Crippen LogP contribution in [0, 0.1) is 0 Å². The Morgan fingerprint density at radius 2 is 1.94 bits per heavy atom. The summed E-state index contributed by atoms with van der Waals surface area (Å²) in [6.07, 6.45) is 0.694. The highest BCUT2D eigenvalue weighted by molar-refractivity contribution is 6.31. The van der Waals surface area contributed by atoms with Gasteiger partial charge in [-0.3, -0.25) is 4.57 Å². The lowest BCUT2D eigenvalue weighted by molar-refractivity contribution is 0.190. The third-order valence-corrected chi connectivity index (χ3v) is 6.14. The molecule has 0 spiro atoms. The van der Waals surface area contributed by atoms with Gasteiger partial charge in [0.2, 0.25) is 0 Å². The maximum absolute atomic E-state index is 13.1. The van der Waals surface area contributed by atoms with Gasteiger partial charge in [0.25, 0.3) is 0 Å². The minimum atomic E-state index is -0.308. The molecular formula is C24H25ClN4O3. The number of hydrogen-bond acceptors (Lipinski definition) is 6. The fraction of sp³-hybridized carbons (Fsp3) is 0.333. The lowest BCUT2D eigenvalue weighted by atomic mass is 10.1. The fourth-order valence-corrected chi connectivity index (χ4v) is 4.48. The molecule has 1 N–H and O–H groups in total. The number of halogens is 1. The molecule has 2 aromatic heterocycles. The van der Waals surface area contributed by atoms with E-state index in [1.54, 1.807) is 17.7 Å². The van der Waals surface area contributed by atoms with Crippen LogP contribution in [0.1, 0.15) is 6.42 Å². The average molecular weight is 453 g/mol. The molecule has 0 radical (unpaired) electrons. The molecule has 3 heterocycles. The number of nitrogens with zero attached hydrogens (tertiary/aromatic N) is 3. The van der Waals surface area contributed by atoms with Crippen LogP contribution in [0.3, 0.4) is 0 Å². The van der Waals surface area contributed by atoms with E-state index < -0.39 is 0 Å². The van der Waals surface area contributed by atoms with Crippen molar-refractivity contribution < 1.29 is 9.15 Å². The summed E-state index contributed by atoms with van der Waals surface area (Å²) in [7, 11) is 1.65. The first-order chi connectivity index (χ1) is 15.7. The number of methoxy groups -OCH3 is 1. The number of hydrogen-bond donors (Lipinski definition) is 1. The molecule has 1 saturated heterocycles. The number of nitrogens with one attached hydrogen (secondary N) is 1. The highest BCUT2D eigenvalue weighted by atomic mass is 35.5. The minimum absolute atomic E-state index is 0.308. The molecule has 0 amide bonds. The Bertz CT molecular complexity index is 1310. The summed E-state index contributed by atoms with van der Waals surface area (Å²) in [4.78, 5) is 19.9. The van der Waals surface area contributed by atoms with Crippen LogP contribution >= 0.6 is 11.6 Å². The molecule has 166 valence electrons. The normalized spacial score (nSPS) is 14.5. The van der Waals surface area contributed by atoms with Crippen molar-refractivity contribution in [1.29, 1.82) is 0 Å². The summed E-state index contributed by atoms with van der Waals surface area (Å²) in [6.45, 7) is 4.95. The first-order valence-corrected chi connectivity index (χ1v) is 11.2. The van der Waals surface area contributed by atoms with Crippen molar-refractivity contribution in [2.75, 3.05) is 44.8 Å². The maximum atomic E-state index is 13.1. The standard InChI is InChI=1S/C24H25ClN4O3/c1-31-14-2-11-29-22-19-15-17(25)5-8-20(19)32-23(22)21(27-24(29)30)16-3-6-18(7-4-16)28-12-9-26-10-13-28/h3-8,15,26H,2,9-14H2,1H3. The maximum Gasteiger partial charge on any atom is 0.348 e. The number of anilines is 1. The quantitative estimate of drug-likeness (QED) is 0.447. The lowest BCUT2D eigenvalue weighted by Gasteiger charge is -2.29. The van der Waals surface area contributed by atoms with Crippen molar-refractivity contribution in [3.63, 3.8) is 0 Å². The summed E-state index contributed by atoms with van der Waals surface area (Å²) in [5.74, 6) is 0. The Hall–Kier alpha value is -2.87. The molecule has 1 aliphatic heterocycles. The molecule has 0 saturated carbocycles. The van der Waals surface area contributed by atoms with Crippen LogP contribution in [0.15, 0.2) is 51.7 Å². The summed E-state index contributed by atoms with van der Waals surface area (Å²) in [5.41, 5.74) is 4.24. The molecule has 0 unspecified atom stereocenters. The van der Waals surface area contributed by atoms with E-state index in [0.29, 0.717) is 41.5 Å². The van der Waals surface area contributed by atoms with Crippen LogP contribution in [-0.4, -0.2) is 49.4 Å². The van der Waals surface area contributed by atoms with Gasteiger partial charge in [0.15, 0.2) is 5.58 Å². The van der Waals surface area contributed by atoms with E-state index in [2.05, 4.69) is 27.3 Å². The van der Waals surface area contributed by atoms with Gasteiger partial charge in [0.05, 0.1) is 0 Å². The molecule has 0 aliphatic carbocycles. The third-order valence-electron chi connectivity index (χ3n) is 5.90. The van der Waals surface area contributed by atoms with Gasteiger partial charge in [-0.1, -0.05) is 23.7 Å². The van der Waals surface area contributed by atoms with Gasteiger partial charge in [0, 0.05) is 68.1 Å². The van der Waals surface area contributed by atoms with E-state index in [4.69, 9.17) is 20.8 Å². The number of aryl methyl sites for hydroxylation is 1. The Morgan fingerprint density at radius 1 is 1.16 bits per heavy atom. The van der Waals surface area contributed by atoms with Gasteiger partial charge in [-0.2, -0.15) is 4.98 Å². The SMILES string of the molecule is COCCCn1c(=O)nc(-c2ccc(N3CCNCC3)cc2)c2oc3ccc(Cl)cc3c21. The van der Waals surface area contributed by atoms with Gasteiger partial charge < -0.3 is 19.4 Å². The van der Waals surface area contributed by atoms with Crippen molar-refractivity contribution >= 4 is 39.4 Å². The minimum Gasteiger partial charge on any atom is -0.452 e. The first-order valence-electron chi connectivity index (χ1n) is 10.8. The largest absolute Gasteiger partial charge is 0.452 e. The second kappa shape index (κ2) is 8.94. The zero-order chi connectivity index (χ0) is 22.1. The first kappa shape index (κ1) is 21.0. The van der Waals surface area contributed by atoms with Crippen LogP contribution < -0.4 is 15.9 Å². The highest BCUT2D eigenvalue weighted by Crippen LogP contribution is 2.35. The number of rotatable bonds is 6. The van der Waals surface area contributed by atoms with E-state index in [-0.39, 0.29) is 5.69 Å². The smallest absolute Gasteiger partial charge is 0.348 e. The van der Waals surface area contributed by atoms with E-state index in [1.165, 1.54) is 0 Å². The second-order valence-electron chi connectivity index (χ2n) is 7.95. The van der Waals surface area contributed by atoms with Gasteiger partial charge >= 0.3 is 5.69 Å². The number of fused-ring (bicyclic) bond motifs is 3. The second-order valence-corrected chi connectivity index (χ2v) is 8.38. The number of aromatic nitrogens is 2. The molecule has 0 bridgehead atoms. The molecular weight excluding hydrogens is 428 g/mol. The molecule has 1 fully saturated rings. The van der Waals surface area contributed by atoms with Gasteiger partial charge in [-0.05, 0) is 36.8 Å². The van der Waals surface area contributed by atoms with Crippen molar-refractivity contribution in [3.8, 4) is 11.3 Å². The highest BCUT2D eigenvalue weighted by Gasteiger charge is 2.20. The number of piperazine rings is 1. The van der Waals surface area contributed by atoms with Crippen LogP contribution in [-0.2, 0) is 11.3 Å². The Kier molecular flexibility index (Phi) is 5.87. The molecule has 32 heavy (non-hydrogen) atoms. The summed E-state index contributed by atoms with van der Waals surface area (Å²) < 4.78 is 13.0. The van der Waals surface area contributed by atoms with E-state index in [1.807, 2.05) is 24.3 Å². The zero-order valence-electron chi connectivity index (χ0n) is 17.9. The number of benzene rings is 2. The molecule has 5 rings (SSSR count). The van der Waals surface area contributed by atoms with Crippen molar-refractivity contribution in [1.82, 2.24) is 14.9 Å². The molecule has 1 aliphatic rings. The van der Waals surface area contributed by atoms with Crippen molar-refractivity contribution in [3.05, 3.63) is 58.0 Å². The van der Waals surface area contributed by atoms with Crippen LogP contribution in [0.4, 0.5) is 5.69 Å². The van der Waals surface area contributed by atoms with E-state index >= 15 is 0 Å². The van der Waals surface area contributed by atoms with Crippen LogP contribution in [0.2, 0.25) is 5.02 Å². The molecule has 4 aromatic rings. The third kappa shape index (κ3) is 3.88. The molecule has 2 aromatic carbocycles. The Balaban J connectivity index is 1.64. The Labute approximate surface area is 190 Å². The zero-order valence-corrected chi connectivity index (χ0v) is 18.7. The van der Waals surface area contributed by atoms with Gasteiger partial charge in [-0.15, -0.1) is 0 Å². The summed E-state index contributed by atoms with van der Waals surface area (Å²) >= 11 is 6.27. The van der Waals surface area contributed by atoms with Gasteiger partial charge in [0.1, 0.15) is 16.8 Å². The molecule has 7 nitrogen and oxygen atoms in total. The Morgan fingerprint density at radius 3 is 2.69 bits per heavy atom. The lowest BCUT2D eigenvalue weighted by Crippen LogP contribution is -2.43. The predicted octanol–water partition coefficient (Wildman–Crippen LogP) is 3.91. The van der Waals surface area contributed by atoms with Crippen LogP contribution in [0.5, 0.6) is 0 Å². The molecule has 0 atom stereocenters. The van der Waals surface area contributed by atoms with E-state index in [0.717, 1.165) is 48.3 Å². The topological polar surface area (TPSA) is 72.5 Å². The molecule has 8 heteroatoms. The fourth-order valence-electron chi connectivity index (χ4n) is 4.31. The predicted molar refractivity (Wildman–Crippen MR) is 128 cm³/mol. The number of ether oxygens (including phenoxy) is 1. The van der Waals surface area contributed by atoms with Gasteiger partial charge in [-0.25, -0.2) is 4.79 Å². The average Bonchev–Trinajstić information content (AvgIpc) is 3.19. The summed E-state index contributed by atoms with van der Waals surface area (Å²) in [6, 6.07) is 13.6. The van der Waals surface area contributed by atoms with Crippen LogP contribution in [0.25, 0.3) is 33.3 Å². The van der Waals surface area contributed by atoms with Crippen molar-refractivity contribution in [2.24, 2.45) is 0 Å². The summed E-state index contributed by atoms with van der Waals surface area (Å²) in [5, 5.41) is 4.77.